The van der Waals surface area contributed by atoms with E-state index < -0.39 is 0 Å². The minimum atomic E-state index is -0.172. The van der Waals surface area contributed by atoms with Gasteiger partial charge < -0.3 is 5.32 Å². The maximum atomic E-state index is 14.0. The molecule has 0 aromatic heterocycles. The lowest BCUT2D eigenvalue weighted by molar-refractivity contribution is 0.296. The van der Waals surface area contributed by atoms with Gasteiger partial charge in [0, 0.05) is 16.6 Å². The SMILES string of the molecule is CCCNC(Cc1c(F)cccc1Cl)CC1CCCCC1. The van der Waals surface area contributed by atoms with Gasteiger partial charge in [-0.3, -0.25) is 0 Å². The van der Waals surface area contributed by atoms with Crippen LogP contribution in [0.2, 0.25) is 5.02 Å². The Morgan fingerprint density at radius 1 is 1.29 bits per heavy atom. The molecule has 0 amide bonds. The summed E-state index contributed by atoms with van der Waals surface area (Å²) in [4.78, 5) is 0. The molecule has 3 heteroatoms. The molecule has 1 nitrogen and oxygen atoms in total. The Balaban J connectivity index is 2.01. The summed E-state index contributed by atoms with van der Waals surface area (Å²) in [5.74, 6) is 0.619. The lowest BCUT2D eigenvalue weighted by Crippen LogP contribution is -2.34. The zero-order chi connectivity index (χ0) is 15.1. The molecular formula is C18H27ClFN. The topological polar surface area (TPSA) is 12.0 Å². The minimum absolute atomic E-state index is 0.172. The van der Waals surface area contributed by atoms with E-state index in [0.717, 1.165) is 25.3 Å². The van der Waals surface area contributed by atoms with Gasteiger partial charge in [0.1, 0.15) is 5.82 Å². The molecule has 2 rings (SSSR count). The third-order valence-corrected chi connectivity index (χ3v) is 4.89. The monoisotopic (exact) mass is 311 g/mol. The van der Waals surface area contributed by atoms with Gasteiger partial charge in [-0.05, 0) is 43.9 Å². The van der Waals surface area contributed by atoms with Gasteiger partial charge in [0.25, 0.3) is 0 Å². The highest BCUT2D eigenvalue weighted by Gasteiger charge is 2.20. The molecule has 1 aromatic carbocycles. The van der Waals surface area contributed by atoms with Crippen LogP contribution in [0.15, 0.2) is 18.2 Å². The Bertz CT molecular complexity index is 409. The fourth-order valence-corrected chi connectivity index (χ4v) is 3.63. The van der Waals surface area contributed by atoms with Gasteiger partial charge in [-0.25, -0.2) is 4.39 Å². The van der Waals surface area contributed by atoms with Crippen LogP contribution < -0.4 is 5.32 Å². The second-order valence-corrected chi connectivity index (χ2v) is 6.70. The second kappa shape index (κ2) is 8.75. The van der Waals surface area contributed by atoms with Gasteiger partial charge in [-0.1, -0.05) is 56.7 Å². The summed E-state index contributed by atoms with van der Waals surface area (Å²) in [6, 6.07) is 5.31. The summed E-state index contributed by atoms with van der Waals surface area (Å²) in [6.45, 7) is 3.16. The van der Waals surface area contributed by atoms with E-state index >= 15 is 0 Å². The van der Waals surface area contributed by atoms with Crippen molar-refractivity contribution in [3.8, 4) is 0 Å². The third kappa shape index (κ3) is 5.27. The first-order valence-corrected chi connectivity index (χ1v) is 8.74. The summed E-state index contributed by atoms with van der Waals surface area (Å²) in [5.41, 5.74) is 0.670. The van der Waals surface area contributed by atoms with Crippen LogP contribution >= 0.6 is 11.6 Å². The maximum Gasteiger partial charge on any atom is 0.127 e. The lowest BCUT2D eigenvalue weighted by atomic mass is 9.83. The number of nitrogens with one attached hydrogen (secondary N) is 1. The smallest absolute Gasteiger partial charge is 0.127 e. The van der Waals surface area contributed by atoms with Crippen molar-refractivity contribution >= 4 is 11.6 Å². The number of benzene rings is 1. The van der Waals surface area contributed by atoms with Crippen LogP contribution in [0.3, 0.4) is 0 Å². The molecule has 21 heavy (non-hydrogen) atoms. The van der Waals surface area contributed by atoms with Crippen molar-refractivity contribution in [3.05, 3.63) is 34.6 Å². The van der Waals surface area contributed by atoms with Gasteiger partial charge in [0.05, 0.1) is 0 Å². The van der Waals surface area contributed by atoms with Crippen LogP contribution in [0.5, 0.6) is 0 Å². The van der Waals surface area contributed by atoms with Crippen LogP contribution in [0, 0.1) is 11.7 Å². The van der Waals surface area contributed by atoms with Gasteiger partial charge >= 0.3 is 0 Å². The Morgan fingerprint density at radius 2 is 2.05 bits per heavy atom. The van der Waals surface area contributed by atoms with Crippen LogP contribution in [0.4, 0.5) is 4.39 Å². The number of halogens is 2. The molecule has 0 spiro atoms. The highest BCUT2D eigenvalue weighted by molar-refractivity contribution is 6.31. The minimum Gasteiger partial charge on any atom is -0.314 e. The van der Waals surface area contributed by atoms with E-state index in [1.165, 1.54) is 38.2 Å². The van der Waals surface area contributed by atoms with Crippen molar-refractivity contribution < 1.29 is 4.39 Å². The largest absolute Gasteiger partial charge is 0.314 e. The molecule has 1 aromatic rings. The van der Waals surface area contributed by atoms with Crippen LogP contribution in [-0.4, -0.2) is 12.6 Å². The zero-order valence-electron chi connectivity index (χ0n) is 13.0. The Hall–Kier alpha value is -0.600. The fourth-order valence-electron chi connectivity index (χ4n) is 3.39. The standard InChI is InChI=1S/C18H27ClFN/c1-2-11-21-15(12-14-7-4-3-5-8-14)13-16-17(19)9-6-10-18(16)20/h6,9-10,14-15,21H,2-5,7-8,11-13H2,1H3. The Kier molecular flexibility index (Phi) is 6.98. The molecule has 1 unspecified atom stereocenters. The van der Waals surface area contributed by atoms with E-state index in [1.807, 2.05) is 0 Å². The number of rotatable bonds is 7. The molecular weight excluding hydrogens is 285 g/mol. The highest BCUT2D eigenvalue weighted by atomic mass is 35.5. The lowest BCUT2D eigenvalue weighted by Gasteiger charge is -2.27. The van der Waals surface area contributed by atoms with Crippen molar-refractivity contribution in [2.24, 2.45) is 5.92 Å². The van der Waals surface area contributed by atoms with Crippen LogP contribution in [0.25, 0.3) is 0 Å². The molecule has 0 heterocycles. The van der Waals surface area contributed by atoms with Gasteiger partial charge in [0.15, 0.2) is 0 Å². The van der Waals surface area contributed by atoms with Gasteiger partial charge in [-0.2, -0.15) is 0 Å². The van der Waals surface area contributed by atoms with Crippen molar-refractivity contribution in [1.82, 2.24) is 5.32 Å². The van der Waals surface area contributed by atoms with Crippen molar-refractivity contribution in [2.75, 3.05) is 6.54 Å². The van der Waals surface area contributed by atoms with E-state index in [9.17, 15) is 4.39 Å². The fraction of sp³-hybridized carbons (Fsp3) is 0.667. The summed E-state index contributed by atoms with van der Waals surface area (Å²) in [5, 5.41) is 4.15. The molecule has 1 aliphatic rings. The Labute approximate surface area is 133 Å². The second-order valence-electron chi connectivity index (χ2n) is 6.30. The molecule has 1 saturated carbocycles. The number of hydrogen-bond acceptors (Lipinski definition) is 1. The highest BCUT2D eigenvalue weighted by Crippen LogP contribution is 2.29. The molecule has 1 fully saturated rings. The third-order valence-electron chi connectivity index (χ3n) is 4.54. The number of hydrogen-bond donors (Lipinski definition) is 1. The van der Waals surface area contributed by atoms with E-state index in [2.05, 4.69) is 12.2 Å². The van der Waals surface area contributed by atoms with Crippen molar-refractivity contribution in [2.45, 2.75) is 64.3 Å². The average Bonchev–Trinajstić information content (AvgIpc) is 2.49. The predicted molar refractivity (Wildman–Crippen MR) is 88.4 cm³/mol. The van der Waals surface area contributed by atoms with E-state index in [1.54, 1.807) is 12.1 Å². The van der Waals surface area contributed by atoms with Crippen molar-refractivity contribution in [1.29, 1.82) is 0 Å². The van der Waals surface area contributed by atoms with Gasteiger partial charge in [-0.15, -0.1) is 0 Å². The normalized spacial score (nSPS) is 17.9. The molecule has 0 saturated heterocycles. The first kappa shape index (κ1) is 16.8. The van der Waals surface area contributed by atoms with E-state index in [-0.39, 0.29) is 5.82 Å². The predicted octanol–water partition coefficient (Wildman–Crippen LogP) is 5.36. The van der Waals surface area contributed by atoms with E-state index in [4.69, 9.17) is 11.6 Å². The first-order chi connectivity index (χ1) is 10.2. The summed E-state index contributed by atoms with van der Waals surface area (Å²) < 4.78 is 14.0. The summed E-state index contributed by atoms with van der Waals surface area (Å²) >= 11 is 6.18. The van der Waals surface area contributed by atoms with Crippen LogP contribution in [0.1, 0.15) is 57.4 Å². The summed E-state index contributed by atoms with van der Waals surface area (Å²) in [6.07, 6.45) is 9.68. The van der Waals surface area contributed by atoms with E-state index in [0.29, 0.717) is 23.0 Å². The first-order valence-electron chi connectivity index (χ1n) is 8.37. The summed E-state index contributed by atoms with van der Waals surface area (Å²) in [7, 11) is 0. The molecule has 0 bridgehead atoms. The van der Waals surface area contributed by atoms with Crippen LogP contribution in [-0.2, 0) is 6.42 Å². The zero-order valence-corrected chi connectivity index (χ0v) is 13.8. The van der Waals surface area contributed by atoms with Crippen molar-refractivity contribution in [3.63, 3.8) is 0 Å². The molecule has 0 radical (unpaired) electrons. The quantitative estimate of drug-likeness (QED) is 0.714. The molecule has 0 aliphatic heterocycles. The van der Waals surface area contributed by atoms with Gasteiger partial charge in [0.2, 0.25) is 0 Å². The molecule has 1 aliphatic carbocycles. The Morgan fingerprint density at radius 3 is 2.71 bits per heavy atom. The maximum absolute atomic E-state index is 14.0. The molecule has 118 valence electrons. The molecule has 1 atom stereocenters. The average molecular weight is 312 g/mol. The molecule has 1 N–H and O–H groups in total.